The van der Waals surface area contributed by atoms with Gasteiger partial charge in [-0.3, -0.25) is 4.68 Å². The highest BCUT2D eigenvalue weighted by molar-refractivity contribution is 5.64. The molecule has 0 bridgehead atoms. The predicted octanol–water partition coefficient (Wildman–Crippen LogP) is 4.05. The molecule has 138 valence electrons. The third kappa shape index (κ3) is 2.83. The van der Waals surface area contributed by atoms with Gasteiger partial charge in [0.25, 0.3) is 0 Å². The lowest BCUT2D eigenvalue weighted by atomic mass is 10.1. The maximum Gasteiger partial charge on any atom is 0.387 e. The Balaban J connectivity index is 1.48. The van der Waals surface area contributed by atoms with Crippen LogP contribution in [-0.2, 0) is 6.54 Å². The third-order valence-corrected chi connectivity index (χ3v) is 6.08. The molecule has 3 atom stereocenters. The summed E-state index contributed by atoms with van der Waals surface area (Å²) in [6.45, 7) is -1.98. The van der Waals surface area contributed by atoms with Crippen LogP contribution in [0.3, 0.4) is 0 Å². The highest BCUT2D eigenvalue weighted by Crippen LogP contribution is 2.63. The fourth-order valence-corrected chi connectivity index (χ4v) is 4.58. The second-order valence-corrected chi connectivity index (χ2v) is 7.85. The normalized spacial score (nSPS) is 27.0. The quantitative estimate of drug-likeness (QED) is 0.844. The minimum Gasteiger partial charge on any atom is -0.431 e. The summed E-state index contributed by atoms with van der Waals surface area (Å²) in [5.41, 5.74) is 8.38. The van der Waals surface area contributed by atoms with Crippen LogP contribution in [0.1, 0.15) is 43.7 Å². The zero-order chi connectivity index (χ0) is 17.8. The summed E-state index contributed by atoms with van der Waals surface area (Å²) in [6.07, 6.45) is 8.08. The molecule has 2 heterocycles. The summed E-state index contributed by atoms with van der Waals surface area (Å²) in [7, 11) is 0. The number of nitrogens with two attached hydrogens (primary N) is 1. The number of alkyl halides is 2. The molecule has 3 aliphatic carbocycles. The fraction of sp³-hybridized carbons (Fsp3) is 0.579. The molecule has 0 aromatic carbocycles. The molecule has 0 radical (unpaired) electrons. The van der Waals surface area contributed by atoms with Gasteiger partial charge in [-0.15, -0.1) is 0 Å². The van der Waals surface area contributed by atoms with E-state index in [2.05, 4.69) is 20.5 Å². The van der Waals surface area contributed by atoms with Gasteiger partial charge in [0.1, 0.15) is 0 Å². The summed E-state index contributed by atoms with van der Waals surface area (Å²) in [6, 6.07) is 3.63. The minimum absolute atomic E-state index is 0.0385. The molecule has 3 fully saturated rings. The van der Waals surface area contributed by atoms with E-state index in [1.54, 1.807) is 6.20 Å². The molecule has 3 aliphatic rings. The monoisotopic (exact) mass is 360 g/mol. The van der Waals surface area contributed by atoms with Crippen LogP contribution in [0.2, 0.25) is 0 Å². The number of nitrogens with zero attached hydrogens (tertiary/aromatic N) is 3. The number of nitrogen functional groups attached to an aromatic ring is 1. The van der Waals surface area contributed by atoms with E-state index in [0.29, 0.717) is 11.5 Å². The van der Waals surface area contributed by atoms with E-state index in [0.717, 1.165) is 30.0 Å². The number of ether oxygens (including phenoxy) is 1. The van der Waals surface area contributed by atoms with Crippen LogP contribution >= 0.6 is 0 Å². The number of hydrogen-bond acceptors (Lipinski definition) is 4. The van der Waals surface area contributed by atoms with Crippen molar-refractivity contribution in [2.24, 2.45) is 17.8 Å². The van der Waals surface area contributed by atoms with Crippen LogP contribution in [-0.4, -0.2) is 21.4 Å². The van der Waals surface area contributed by atoms with Crippen molar-refractivity contribution >= 4 is 5.82 Å². The van der Waals surface area contributed by atoms with Gasteiger partial charge in [-0.05, 0) is 55.6 Å². The summed E-state index contributed by atoms with van der Waals surface area (Å²) >= 11 is 0. The Morgan fingerprint density at radius 2 is 1.96 bits per heavy atom. The average molecular weight is 360 g/mol. The third-order valence-electron chi connectivity index (χ3n) is 6.08. The van der Waals surface area contributed by atoms with Gasteiger partial charge < -0.3 is 10.5 Å². The molecule has 0 saturated heterocycles. The van der Waals surface area contributed by atoms with E-state index >= 15 is 0 Å². The van der Waals surface area contributed by atoms with Gasteiger partial charge in [-0.1, -0.05) is 6.42 Å². The molecule has 2 N–H and O–H groups in total. The van der Waals surface area contributed by atoms with Gasteiger partial charge in [-0.2, -0.15) is 13.9 Å². The molecular weight excluding hydrogens is 338 g/mol. The van der Waals surface area contributed by atoms with E-state index in [-0.39, 0.29) is 11.6 Å². The second kappa shape index (κ2) is 5.93. The Labute approximate surface area is 150 Å². The zero-order valence-electron chi connectivity index (χ0n) is 14.4. The Kier molecular flexibility index (Phi) is 3.65. The molecule has 5 nitrogen and oxygen atoms in total. The van der Waals surface area contributed by atoms with Gasteiger partial charge >= 0.3 is 6.61 Å². The van der Waals surface area contributed by atoms with Crippen LogP contribution in [0.4, 0.5) is 14.6 Å². The minimum atomic E-state index is -2.93. The molecule has 0 unspecified atom stereocenters. The van der Waals surface area contributed by atoms with Crippen molar-refractivity contribution in [3.05, 3.63) is 24.0 Å². The fourth-order valence-electron chi connectivity index (χ4n) is 4.58. The predicted molar refractivity (Wildman–Crippen MR) is 92.8 cm³/mol. The summed E-state index contributed by atoms with van der Waals surface area (Å²) in [5, 5.41) is 4.79. The van der Waals surface area contributed by atoms with Crippen LogP contribution < -0.4 is 10.5 Å². The second-order valence-electron chi connectivity index (χ2n) is 7.85. The Morgan fingerprint density at radius 3 is 2.65 bits per heavy atom. The zero-order valence-corrected chi connectivity index (χ0v) is 14.4. The number of fused-ring (bicyclic) bond motifs is 1. The molecule has 2 aromatic heterocycles. The first-order chi connectivity index (χ1) is 12.6. The van der Waals surface area contributed by atoms with E-state index in [1.807, 2.05) is 0 Å². The lowest BCUT2D eigenvalue weighted by molar-refractivity contribution is -0.0494. The highest BCUT2D eigenvalue weighted by atomic mass is 19.3. The maximum atomic E-state index is 12.6. The van der Waals surface area contributed by atoms with Crippen LogP contribution in [0.15, 0.2) is 18.3 Å². The molecule has 7 heteroatoms. The van der Waals surface area contributed by atoms with Gasteiger partial charge in [0.2, 0.25) is 0 Å². The van der Waals surface area contributed by atoms with Crippen molar-refractivity contribution in [1.82, 2.24) is 14.8 Å². The molecule has 2 aromatic rings. The standard InChI is InChI=1S/C19H22F2N4O/c20-19(21)26-16-6-11(8-23-18(16)22)14-7-15(17-12-2-1-3-13(12)17)25(24-14)9-10-4-5-10/h6-8,10,12-13,17,19H,1-5,9H2,(H2,22,23)/t12-,13+,17+. The van der Waals surface area contributed by atoms with Crippen molar-refractivity contribution < 1.29 is 13.5 Å². The smallest absolute Gasteiger partial charge is 0.387 e. The van der Waals surface area contributed by atoms with Crippen LogP contribution in [0.25, 0.3) is 11.3 Å². The lowest BCUT2D eigenvalue weighted by Gasteiger charge is -2.08. The van der Waals surface area contributed by atoms with Gasteiger partial charge in [0.05, 0.1) is 5.69 Å². The number of aromatic nitrogens is 3. The molecule has 0 amide bonds. The first-order valence-electron chi connectivity index (χ1n) is 9.38. The van der Waals surface area contributed by atoms with Crippen molar-refractivity contribution in [2.45, 2.75) is 51.2 Å². The molecule has 0 aliphatic heterocycles. The van der Waals surface area contributed by atoms with E-state index in [1.165, 1.54) is 43.9 Å². The van der Waals surface area contributed by atoms with Crippen molar-refractivity contribution in [3.63, 3.8) is 0 Å². The number of rotatable bonds is 6. The lowest BCUT2D eigenvalue weighted by Crippen LogP contribution is -2.07. The van der Waals surface area contributed by atoms with E-state index in [9.17, 15) is 8.78 Å². The summed E-state index contributed by atoms with van der Waals surface area (Å²) < 4.78 is 31.8. The molecule has 0 spiro atoms. The van der Waals surface area contributed by atoms with Crippen molar-refractivity contribution in [1.29, 1.82) is 0 Å². The van der Waals surface area contributed by atoms with E-state index < -0.39 is 6.61 Å². The SMILES string of the molecule is Nc1ncc(-c2cc([C@H]3[C@@H]4CCC[C@@H]43)n(CC3CC3)n2)cc1OC(F)F. The van der Waals surface area contributed by atoms with E-state index in [4.69, 9.17) is 10.8 Å². The highest BCUT2D eigenvalue weighted by Gasteiger charge is 2.54. The summed E-state index contributed by atoms with van der Waals surface area (Å²) in [4.78, 5) is 4.01. The Hall–Kier alpha value is -2.18. The van der Waals surface area contributed by atoms with Gasteiger partial charge in [-0.25, -0.2) is 4.98 Å². The first kappa shape index (κ1) is 16.0. The molecule has 5 rings (SSSR count). The van der Waals surface area contributed by atoms with Gasteiger partial charge in [0.15, 0.2) is 11.6 Å². The van der Waals surface area contributed by atoms with Gasteiger partial charge in [0, 0.05) is 29.9 Å². The summed E-state index contributed by atoms with van der Waals surface area (Å²) in [5.74, 6) is 2.81. The first-order valence-corrected chi connectivity index (χ1v) is 9.38. The number of hydrogen-bond donors (Lipinski definition) is 1. The van der Waals surface area contributed by atoms with Crippen molar-refractivity contribution in [2.75, 3.05) is 5.73 Å². The van der Waals surface area contributed by atoms with Crippen LogP contribution in [0, 0.1) is 17.8 Å². The molecule has 3 saturated carbocycles. The number of pyridine rings is 1. The Morgan fingerprint density at radius 1 is 1.19 bits per heavy atom. The molecule has 26 heavy (non-hydrogen) atoms. The van der Waals surface area contributed by atoms with Crippen molar-refractivity contribution in [3.8, 4) is 17.0 Å². The average Bonchev–Trinajstić information content (AvgIpc) is 3.44. The largest absolute Gasteiger partial charge is 0.431 e. The molecular formula is C19H22F2N4O. The Bertz CT molecular complexity index is 823. The topological polar surface area (TPSA) is 66.0 Å². The maximum absolute atomic E-state index is 12.6. The number of anilines is 1. The number of halogens is 2. The van der Waals surface area contributed by atoms with Crippen LogP contribution in [0.5, 0.6) is 5.75 Å².